The average molecular weight is 255 g/mol. The summed E-state index contributed by atoms with van der Waals surface area (Å²) in [5, 5.41) is 3.49. The SMILES string of the molecule is CCC(NC1CC(C)(C)CC(C)(C)C1)C(=O)OC. The molecule has 1 atom stereocenters. The Hall–Kier alpha value is -0.570. The van der Waals surface area contributed by atoms with E-state index in [0.717, 1.165) is 19.3 Å². The van der Waals surface area contributed by atoms with Gasteiger partial charge in [-0.3, -0.25) is 4.79 Å². The fourth-order valence-electron chi connectivity index (χ4n) is 3.74. The molecule has 0 aliphatic heterocycles. The lowest BCUT2D eigenvalue weighted by molar-refractivity contribution is -0.143. The predicted molar refractivity (Wildman–Crippen MR) is 74.4 cm³/mol. The summed E-state index contributed by atoms with van der Waals surface area (Å²) in [6.45, 7) is 11.3. The highest BCUT2D eigenvalue weighted by atomic mass is 16.5. The van der Waals surface area contributed by atoms with Crippen molar-refractivity contribution < 1.29 is 9.53 Å². The van der Waals surface area contributed by atoms with Crippen molar-refractivity contribution in [2.45, 2.75) is 72.4 Å². The van der Waals surface area contributed by atoms with Crippen LogP contribution in [-0.2, 0) is 9.53 Å². The molecule has 18 heavy (non-hydrogen) atoms. The molecule has 0 aromatic heterocycles. The molecular formula is C15H29NO2. The van der Waals surface area contributed by atoms with Gasteiger partial charge in [-0.1, -0.05) is 34.6 Å². The Balaban J connectivity index is 2.68. The fraction of sp³-hybridized carbons (Fsp3) is 0.933. The van der Waals surface area contributed by atoms with Crippen molar-refractivity contribution in [3.05, 3.63) is 0 Å². The van der Waals surface area contributed by atoms with Gasteiger partial charge in [0.25, 0.3) is 0 Å². The summed E-state index contributed by atoms with van der Waals surface area (Å²) in [7, 11) is 1.46. The molecule has 0 radical (unpaired) electrons. The second-order valence-electron chi connectivity index (χ2n) is 7.26. The number of hydrogen-bond donors (Lipinski definition) is 1. The van der Waals surface area contributed by atoms with Crippen LogP contribution >= 0.6 is 0 Å². The number of carbonyl (C=O) groups is 1. The number of esters is 1. The summed E-state index contributed by atoms with van der Waals surface area (Å²) in [4.78, 5) is 11.7. The van der Waals surface area contributed by atoms with Crippen LogP contribution in [0.15, 0.2) is 0 Å². The van der Waals surface area contributed by atoms with E-state index in [-0.39, 0.29) is 12.0 Å². The third kappa shape index (κ3) is 4.27. The Morgan fingerprint density at radius 2 is 1.78 bits per heavy atom. The van der Waals surface area contributed by atoms with Crippen LogP contribution in [-0.4, -0.2) is 25.2 Å². The quantitative estimate of drug-likeness (QED) is 0.784. The highest BCUT2D eigenvalue weighted by molar-refractivity contribution is 5.75. The van der Waals surface area contributed by atoms with E-state index >= 15 is 0 Å². The summed E-state index contributed by atoms with van der Waals surface area (Å²) in [5.41, 5.74) is 0.682. The number of carbonyl (C=O) groups excluding carboxylic acids is 1. The van der Waals surface area contributed by atoms with Gasteiger partial charge >= 0.3 is 5.97 Å². The van der Waals surface area contributed by atoms with E-state index < -0.39 is 0 Å². The van der Waals surface area contributed by atoms with Crippen LogP contribution in [0.5, 0.6) is 0 Å². The summed E-state index contributed by atoms with van der Waals surface area (Å²) in [6, 6.07) is 0.248. The first kappa shape index (κ1) is 15.5. The number of methoxy groups -OCH3 is 1. The van der Waals surface area contributed by atoms with Crippen molar-refractivity contribution in [3.8, 4) is 0 Å². The van der Waals surface area contributed by atoms with Crippen molar-refractivity contribution in [3.63, 3.8) is 0 Å². The van der Waals surface area contributed by atoms with Crippen LogP contribution in [0.25, 0.3) is 0 Å². The molecule has 1 fully saturated rings. The van der Waals surface area contributed by atoms with Gasteiger partial charge in [0.05, 0.1) is 7.11 Å². The second-order valence-corrected chi connectivity index (χ2v) is 7.26. The molecule has 0 spiro atoms. The van der Waals surface area contributed by atoms with Gasteiger partial charge in [-0.25, -0.2) is 0 Å². The zero-order chi connectivity index (χ0) is 14.0. The first-order valence-electron chi connectivity index (χ1n) is 7.03. The molecule has 1 aliphatic rings. The lowest BCUT2D eigenvalue weighted by atomic mass is 9.63. The normalized spacial score (nSPS) is 24.6. The number of ether oxygens (including phenoxy) is 1. The molecule has 3 heteroatoms. The predicted octanol–water partition coefficient (Wildman–Crippen LogP) is 3.13. The highest BCUT2D eigenvalue weighted by Gasteiger charge is 2.39. The molecule has 0 bridgehead atoms. The van der Waals surface area contributed by atoms with E-state index in [4.69, 9.17) is 4.74 Å². The van der Waals surface area contributed by atoms with E-state index in [1.165, 1.54) is 13.5 Å². The minimum atomic E-state index is -0.162. The van der Waals surface area contributed by atoms with Gasteiger partial charge in [-0.15, -0.1) is 0 Å². The van der Waals surface area contributed by atoms with Gasteiger partial charge in [0.1, 0.15) is 6.04 Å². The monoisotopic (exact) mass is 255 g/mol. The number of hydrogen-bond acceptors (Lipinski definition) is 3. The number of nitrogens with one attached hydrogen (secondary N) is 1. The number of rotatable bonds is 4. The van der Waals surface area contributed by atoms with Gasteiger partial charge in [0.2, 0.25) is 0 Å². The van der Waals surface area contributed by atoms with Crippen LogP contribution in [0.4, 0.5) is 0 Å². The maximum absolute atomic E-state index is 11.7. The molecular weight excluding hydrogens is 226 g/mol. The van der Waals surface area contributed by atoms with Crippen LogP contribution < -0.4 is 5.32 Å². The summed E-state index contributed by atoms with van der Waals surface area (Å²) >= 11 is 0. The summed E-state index contributed by atoms with van der Waals surface area (Å²) < 4.78 is 4.85. The molecule has 0 saturated heterocycles. The highest BCUT2D eigenvalue weighted by Crippen LogP contribution is 2.45. The fourth-order valence-corrected chi connectivity index (χ4v) is 3.74. The second kappa shape index (κ2) is 5.60. The maximum Gasteiger partial charge on any atom is 0.322 e. The Kier molecular flexibility index (Phi) is 4.82. The molecule has 0 amide bonds. The van der Waals surface area contributed by atoms with E-state index in [0.29, 0.717) is 16.9 Å². The van der Waals surface area contributed by atoms with Gasteiger partial charge < -0.3 is 10.1 Å². The Bertz CT molecular complexity index is 281. The first-order valence-corrected chi connectivity index (χ1v) is 7.03. The minimum Gasteiger partial charge on any atom is -0.468 e. The van der Waals surface area contributed by atoms with Gasteiger partial charge in [-0.2, -0.15) is 0 Å². The zero-order valence-corrected chi connectivity index (χ0v) is 12.8. The third-order valence-electron chi connectivity index (χ3n) is 3.89. The van der Waals surface area contributed by atoms with Crippen molar-refractivity contribution in [2.24, 2.45) is 10.8 Å². The molecule has 1 rings (SSSR count). The minimum absolute atomic E-state index is 0.140. The molecule has 1 aliphatic carbocycles. The first-order chi connectivity index (χ1) is 8.19. The maximum atomic E-state index is 11.7. The molecule has 3 nitrogen and oxygen atoms in total. The molecule has 0 heterocycles. The molecule has 106 valence electrons. The van der Waals surface area contributed by atoms with E-state index in [1.54, 1.807) is 0 Å². The standard InChI is InChI=1S/C15H29NO2/c1-7-12(13(17)18-6)16-11-8-14(2,3)10-15(4,5)9-11/h11-12,16H,7-10H2,1-6H3. The Morgan fingerprint density at radius 3 is 2.17 bits per heavy atom. The molecule has 1 unspecified atom stereocenters. The van der Waals surface area contributed by atoms with Crippen LogP contribution in [0, 0.1) is 10.8 Å². The average Bonchev–Trinajstić information content (AvgIpc) is 2.20. The summed E-state index contributed by atoms with van der Waals surface area (Å²) in [6.07, 6.45) is 4.28. The van der Waals surface area contributed by atoms with E-state index in [1.807, 2.05) is 6.92 Å². The zero-order valence-electron chi connectivity index (χ0n) is 12.8. The van der Waals surface area contributed by atoms with Crippen molar-refractivity contribution in [1.29, 1.82) is 0 Å². The molecule has 0 aromatic carbocycles. The third-order valence-corrected chi connectivity index (χ3v) is 3.89. The van der Waals surface area contributed by atoms with Gasteiger partial charge in [0, 0.05) is 6.04 Å². The van der Waals surface area contributed by atoms with Crippen LogP contribution in [0.3, 0.4) is 0 Å². The molecule has 0 aromatic rings. The lowest BCUT2D eigenvalue weighted by Crippen LogP contribution is -2.50. The van der Waals surface area contributed by atoms with Crippen LogP contribution in [0.1, 0.15) is 60.3 Å². The molecule has 1 saturated carbocycles. The topological polar surface area (TPSA) is 38.3 Å². The van der Waals surface area contributed by atoms with Gasteiger partial charge in [-0.05, 0) is 36.5 Å². The largest absolute Gasteiger partial charge is 0.468 e. The smallest absolute Gasteiger partial charge is 0.322 e. The van der Waals surface area contributed by atoms with Crippen molar-refractivity contribution in [1.82, 2.24) is 5.32 Å². The molecule has 1 N–H and O–H groups in total. The van der Waals surface area contributed by atoms with E-state index in [9.17, 15) is 4.79 Å². The lowest BCUT2D eigenvalue weighted by Gasteiger charge is -2.46. The Morgan fingerprint density at radius 1 is 1.28 bits per heavy atom. The van der Waals surface area contributed by atoms with Crippen molar-refractivity contribution in [2.75, 3.05) is 7.11 Å². The summed E-state index contributed by atoms with van der Waals surface area (Å²) in [5.74, 6) is -0.140. The van der Waals surface area contributed by atoms with Crippen LogP contribution in [0.2, 0.25) is 0 Å². The van der Waals surface area contributed by atoms with Crippen molar-refractivity contribution >= 4 is 5.97 Å². The van der Waals surface area contributed by atoms with E-state index in [2.05, 4.69) is 33.0 Å². The Labute approximate surface area is 112 Å². The van der Waals surface area contributed by atoms with Gasteiger partial charge in [0.15, 0.2) is 0 Å².